The molecule has 3 N–H and O–H groups in total. The lowest BCUT2D eigenvalue weighted by Crippen LogP contribution is -2.58. The topological polar surface area (TPSA) is 148 Å². The number of halogens is 2. The number of carbonyl (C=O) groups excluding carboxylic acids is 4. The number of thiophene rings is 1. The summed E-state index contributed by atoms with van der Waals surface area (Å²) in [5, 5.41) is 2.99. The number of anilines is 1. The van der Waals surface area contributed by atoms with Crippen LogP contribution >= 0.6 is 18.9 Å². The van der Waals surface area contributed by atoms with Crippen molar-refractivity contribution in [2.45, 2.75) is 57.8 Å². The highest BCUT2D eigenvalue weighted by atomic mass is 32.1. The van der Waals surface area contributed by atoms with Crippen LogP contribution in [0.2, 0.25) is 0 Å². The fourth-order valence-corrected chi connectivity index (χ4v) is 7.68. The molecule has 1 saturated heterocycles. The number of likely N-dealkylation sites (tertiary alicyclic amines) is 1. The Morgan fingerprint density at radius 3 is 2.21 bits per heavy atom. The maximum atomic E-state index is 14.4. The van der Waals surface area contributed by atoms with Gasteiger partial charge in [-0.3, -0.25) is 23.7 Å². The predicted molar refractivity (Wildman–Crippen MR) is 201 cm³/mol. The molecule has 5 rings (SSSR count). The zero-order valence-electron chi connectivity index (χ0n) is 30.1. The summed E-state index contributed by atoms with van der Waals surface area (Å²) in [7, 11) is -2.52. The maximum absolute atomic E-state index is 14.4. The van der Waals surface area contributed by atoms with Crippen molar-refractivity contribution < 1.29 is 42.3 Å². The summed E-state index contributed by atoms with van der Waals surface area (Å²) in [6, 6.07) is 19.7. The first-order valence-corrected chi connectivity index (χ1v) is 19.5. The van der Waals surface area contributed by atoms with Crippen LogP contribution in [0.1, 0.15) is 55.3 Å². The highest BCUT2D eigenvalue weighted by Gasteiger charge is 2.50. The number of carbonyl (C=O) groups is 4. The molecule has 0 saturated carbocycles. The van der Waals surface area contributed by atoms with E-state index in [0.717, 1.165) is 34.6 Å². The first-order valence-electron chi connectivity index (χ1n) is 17.1. The van der Waals surface area contributed by atoms with E-state index >= 15 is 0 Å². The van der Waals surface area contributed by atoms with E-state index in [1.54, 1.807) is 39.8 Å². The summed E-state index contributed by atoms with van der Waals surface area (Å²) < 4.78 is 40.6. The molecule has 1 aromatic heterocycles. The lowest BCUT2D eigenvalue weighted by atomic mass is 9.85. The van der Waals surface area contributed by atoms with Crippen LogP contribution in [-0.2, 0) is 24.6 Å². The monoisotopic (exact) mass is 768 g/mol. The fourth-order valence-electron chi connectivity index (χ4n) is 6.26. The van der Waals surface area contributed by atoms with Gasteiger partial charge in [0, 0.05) is 49.6 Å². The summed E-state index contributed by atoms with van der Waals surface area (Å²) in [6.45, 7) is 5.69. The van der Waals surface area contributed by atoms with Crippen molar-refractivity contribution in [3.05, 3.63) is 89.3 Å². The second kappa shape index (κ2) is 15.5. The van der Waals surface area contributed by atoms with Crippen LogP contribution in [0.25, 0.3) is 21.2 Å². The lowest BCUT2D eigenvalue weighted by Gasteiger charge is -2.36. The molecule has 15 heteroatoms. The van der Waals surface area contributed by atoms with Crippen molar-refractivity contribution in [2.75, 3.05) is 32.1 Å². The van der Waals surface area contributed by atoms with Gasteiger partial charge >= 0.3 is 13.3 Å². The standard InChI is InChI=1S/C38H43F2N4O7PS/c1-37(2,3)33(41-34(46)31-23-26-22-27(15-18-30(26)53-31)38(39,40)52(49,50)51)36(48)44-20-9-12-29(44)35(47)43(21-19-32(45)42(4)5)28-16-13-25(14-17-28)24-10-7-6-8-11-24/h6-8,10-11,13-18,22-23,29,33H,9,12,19-21H2,1-5H3,(H,41,46)(H2,49,50,51)/t29-,33+/m0/s1. The SMILES string of the molecule is CN(C)C(=O)CCN(C(=O)[C@@H]1CCCN1C(=O)[C@@H](NC(=O)c1cc2cc(C(F)(F)P(=O)(O)O)ccc2s1)C(C)(C)C)c1ccc(-c2ccccc2)cc1. The van der Waals surface area contributed by atoms with Gasteiger partial charge in [-0.25, -0.2) is 0 Å². The lowest BCUT2D eigenvalue weighted by molar-refractivity contribution is -0.141. The Bertz CT molecular complexity index is 2040. The number of benzene rings is 3. The molecule has 2 heterocycles. The molecule has 0 aliphatic carbocycles. The number of hydrogen-bond donors (Lipinski definition) is 3. The number of alkyl halides is 2. The Kier molecular flexibility index (Phi) is 11.6. The largest absolute Gasteiger partial charge is 0.399 e. The van der Waals surface area contributed by atoms with Crippen molar-refractivity contribution in [2.24, 2.45) is 5.41 Å². The molecule has 4 aromatic rings. The van der Waals surface area contributed by atoms with Gasteiger partial charge in [-0.05, 0) is 65.1 Å². The minimum atomic E-state index is -5.80. The average Bonchev–Trinajstić information content (AvgIpc) is 3.77. The van der Waals surface area contributed by atoms with Crippen LogP contribution in [0.4, 0.5) is 14.5 Å². The molecule has 11 nitrogen and oxygen atoms in total. The van der Waals surface area contributed by atoms with Gasteiger partial charge in [-0.2, -0.15) is 8.78 Å². The average molecular weight is 769 g/mol. The Morgan fingerprint density at radius 2 is 1.60 bits per heavy atom. The Hall–Kier alpha value is -4.49. The molecule has 1 aliphatic rings. The Morgan fingerprint density at radius 1 is 0.962 bits per heavy atom. The van der Waals surface area contributed by atoms with Crippen molar-refractivity contribution in [3.8, 4) is 11.1 Å². The van der Waals surface area contributed by atoms with E-state index in [9.17, 15) is 32.5 Å². The number of fused-ring (bicyclic) bond motifs is 1. The predicted octanol–water partition coefficient (Wildman–Crippen LogP) is 6.44. The van der Waals surface area contributed by atoms with Crippen molar-refractivity contribution in [1.82, 2.24) is 15.1 Å². The van der Waals surface area contributed by atoms with Gasteiger partial charge in [0.2, 0.25) is 17.7 Å². The van der Waals surface area contributed by atoms with Gasteiger partial charge in [0.05, 0.1) is 4.88 Å². The zero-order valence-corrected chi connectivity index (χ0v) is 31.8. The number of rotatable bonds is 11. The normalized spacial score (nSPS) is 15.6. The number of nitrogens with one attached hydrogen (secondary N) is 1. The van der Waals surface area contributed by atoms with Crippen molar-refractivity contribution >= 4 is 58.3 Å². The molecule has 3 aromatic carbocycles. The Balaban J connectivity index is 1.39. The van der Waals surface area contributed by atoms with Gasteiger partial charge < -0.3 is 29.8 Å². The summed E-state index contributed by atoms with van der Waals surface area (Å²) >= 11 is 0.977. The number of hydrogen-bond acceptors (Lipinski definition) is 6. The third kappa shape index (κ3) is 8.67. The smallest absolute Gasteiger partial charge is 0.349 e. The summed E-state index contributed by atoms with van der Waals surface area (Å²) in [4.78, 5) is 77.9. The van der Waals surface area contributed by atoms with Crippen molar-refractivity contribution in [3.63, 3.8) is 0 Å². The molecular formula is C38H43F2N4O7PS. The summed E-state index contributed by atoms with van der Waals surface area (Å²) in [5.41, 5.74) is -3.59. The van der Waals surface area contributed by atoms with Gasteiger partial charge in [0.15, 0.2) is 0 Å². The van der Waals surface area contributed by atoms with Gasteiger partial charge in [-0.1, -0.05) is 69.3 Å². The first-order chi connectivity index (χ1) is 24.8. The minimum absolute atomic E-state index is 0.0636. The molecule has 1 aliphatic heterocycles. The van der Waals surface area contributed by atoms with Crippen LogP contribution in [0, 0.1) is 5.41 Å². The third-order valence-corrected chi connectivity index (χ3v) is 11.4. The van der Waals surface area contributed by atoms with Crippen LogP contribution in [0.5, 0.6) is 0 Å². The van der Waals surface area contributed by atoms with Gasteiger partial charge in [0.1, 0.15) is 12.1 Å². The maximum Gasteiger partial charge on any atom is 0.399 e. The molecule has 1 fully saturated rings. The van der Waals surface area contributed by atoms with E-state index in [-0.39, 0.29) is 41.6 Å². The molecular weight excluding hydrogens is 725 g/mol. The number of nitrogens with zero attached hydrogens (tertiary/aromatic N) is 3. The molecule has 0 radical (unpaired) electrons. The molecule has 282 valence electrons. The Labute approximate surface area is 310 Å². The minimum Gasteiger partial charge on any atom is -0.349 e. The fraction of sp³-hybridized carbons (Fsp3) is 0.368. The molecule has 0 bridgehead atoms. The highest BCUT2D eigenvalue weighted by molar-refractivity contribution is 7.52. The van der Waals surface area contributed by atoms with E-state index in [2.05, 4.69) is 5.32 Å². The second-order valence-corrected chi connectivity index (χ2v) is 17.1. The van der Waals surface area contributed by atoms with Gasteiger partial charge in [0.25, 0.3) is 5.91 Å². The van der Waals surface area contributed by atoms with E-state index in [1.165, 1.54) is 21.9 Å². The zero-order chi connectivity index (χ0) is 38.9. The summed E-state index contributed by atoms with van der Waals surface area (Å²) in [5.74, 6) is -1.62. The van der Waals surface area contributed by atoms with Crippen LogP contribution in [0.15, 0.2) is 78.9 Å². The molecule has 2 atom stereocenters. The molecule has 0 unspecified atom stereocenters. The van der Waals surface area contributed by atoms with Crippen LogP contribution < -0.4 is 10.2 Å². The summed E-state index contributed by atoms with van der Waals surface area (Å²) in [6.07, 6.45) is 0.990. The van der Waals surface area contributed by atoms with Crippen LogP contribution in [-0.4, -0.2) is 82.5 Å². The number of amides is 4. The van der Waals surface area contributed by atoms with Crippen molar-refractivity contribution in [1.29, 1.82) is 0 Å². The van der Waals surface area contributed by atoms with E-state index in [1.807, 2.05) is 54.6 Å². The highest BCUT2D eigenvalue weighted by Crippen LogP contribution is 2.59. The third-order valence-electron chi connectivity index (χ3n) is 9.26. The van der Waals surface area contributed by atoms with Crippen LogP contribution in [0.3, 0.4) is 0 Å². The molecule has 53 heavy (non-hydrogen) atoms. The molecule has 0 spiro atoms. The second-order valence-electron chi connectivity index (χ2n) is 14.4. The molecule has 4 amide bonds. The van der Waals surface area contributed by atoms with E-state index in [4.69, 9.17) is 9.79 Å². The van der Waals surface area contributed by atoms with E-state index < -0.39 is 48.1 Å². The quantitative estimate of drug-likeness (QED) is 0.149. The first kappa shape index (κ1) is 39.7. The van der Waals surface area contributed by atoms with Gasteiger partial charge in [-0.15, -0.1) is 11.3 Å². The van der Waals surface area contributed by atoms with E-state index in [0.29, 0.717) is 23.2 Å².